The van der Waals surface area contributed by atoms with Crippen molar-refractivity contribution in [2.45, 2.75) is 33.3 Å². The molecule has 0 aromatic heterocycles. The van der Waals surface area contributed by atoms with Gasteiger partial charge in [-0.2, -0.15) is 0 Å². The van der Waals surface area contributed by atoms with Crippen LogP contribution in [0.3, 0.4) is 0 Å². The summed E-state index contributed by atoms with van der Waals surface area (Å²) in [5.74, 6) is 1.12. The van der Waals surface area contributed by atoms with E-state index in [1.165, 1.54) is 0 Å². The second-order valence-corrected chi connectivity index (χ2v) is 7.27. The van der Waals surface area contributed by atoms with Crippen LogP contribution in [0.2, 0.25) is 0 Å². The monoisotopic (exact) mass is 364 g/mol. The lowest BCUT2D eigenvalue weighted by molar-refractivity contribution is 0.0141. The van der Waals surface area contributed by atoms with Crippen molar-refractivity contribution in [1.82, 2.24) is 9.80 Å². The summed E-state index contributed by atoms with van der Waals surface area (Å²) in [5.41, 5.74) is 0.829. The highest BCUT2D eigenvalue weighted by molar-refractivity contribution is 5.95. The van der Waals surface area contributed by atoms with Gasteiger partial charge >= 0.3 is 6.09 Å². The van der Waals surface area contributed by atoms with Crippen LogP contribution in [-0.4, -0.2) is 67.8 Å². The van der Waals surface area contributed by atoms with Gasteiger partial charge in [-0.1, -0.05) is 0 Å². The Balaban J connectivity index is 2.06. The molecule has 1 aromatic carbocycles. The smallest absolute Gasteiger partial charge is 0.410 e. The molecule has 0 radical (unpaired) electrons. The quantitative estimate of drug-likeness (QED) is 0.825. The van der Waals surface area contributed by atoms with Gasteiger partial charge in [-0.3, -0.25) is 4.79 Å². The highest BCUT2D eigenvalue weighted by Gasteiger charge is 2.28. The molecule has 0 bridgehead atoms. The van der Waals surface area contributed by atoms with E-state index in [4.69, 9.17) is 14.2 Å². The Labute approximate surface area is 154 Å². The van der Waals surface area contributed by atoms with Gasteiger partial charge in [0.2, 0.25) is 0 Å². The lowest BCUT2D eigenvalue weighted by Gasteiger charge is -2.35. The van der Waals surface area contributed by atoms with Crippen LogP contribution in [0, 0.1) is 6.92 Å². The summed E-state index contributed by atoms with van der Waals surface area (Å²) in [4.78, 5) is 28.3. The third kappa shape index (κ3) is 4.59. The summed E-state index contributed by atoms with van der Waals surface area (Å²) in [5, 5.41) is 0. The van der Waals surface area contributed by atoms with Gasteiger partial charge in [0.15, 0.2) is 0 Å². The first-order chi connectivity index (χ1) is 12.2. The van der Waals surface area contributed by atoms with E-state index in [1.807, 2.05) is 27.7 Å². The van der Waals surface area contributed by atoms with E-state index in [2.05, 4.69) is 0 Å². The first kappa shape index (κ1) is 19.9. The number of hydrogen-bond donors (Lipinski definition) is 0. The zero-order valence-electron chi connectivity index (χ0n) is 16.4. The van der Waals surface area contributed by atoms with Gasteiger partial charge in [0.05, 0.1) is 14.2 Å². The lowest BCUT2D eigenvalue weighted by atomic mass is 10.1. The van der Waals surface area contributed by atoms with Crippen LogP contribution in [0.15, 0.2) is 12.1 Å². The van der Waals surface area contributed by atoms with Crippen molar-refractivity contribution in [2.75, 3.05) is 40.4 Å². The minimum atomic E-state index is -0.529. The van der Waals surface area contributed by atoms with Gasteiger partial charge in [0.1, 0.15) is 17.1 Å². The Morgan fingerprint density at radius 1 is 0.923 bits per heavy atom. The van der Waals surface area contributed by atoms with Gasteiger partial charge < -0.3 is 24.0 Å². The summed E-state index contributed by atoms with van der Waals surface area (Å²) in [6.07, 6.45) is -0.344. The molecule has 1 aliphatic heterocycles. The molecular weight excluding hydrogens is 336 g/mol. The Morgan fingerprint density at radius 2 is 1.38 bits per heavy atom. The molecule has 7 heteroatoms. The second-order valence-electron chi connectivity index (χ2n) is 7.27. The first-order valence-corrected chi connectivity index (χ1v) is 8.66. The number of ether oxygens (including phenoxy) is 3. The Bertz CT molecular complexity index is 648. The number of benzene rings is 1. The van der Waals surface area contributed by atoms with Crippen LogP contribution < -0.4 is 9.47 Å². The maximum atomic E-state index is 12.8. The van der Waals surface area contributed by atoms with Crippen LogP contribution in [0.25, 0.3) is 0 Å². The zero-order valence-corrected chi connectivity index (χ0v) is 16.4. The predicted octanol–water partition coefficient (Wildman–Crippen LogP) is 2.71. The Hall–Kier alpha value is -2.44. The van der Waals surface area contributed by atoms with Crippen molar-refractivity contribution >= 4 is 12.0 Å². The molecule has 0 aliphatic carbocycles. The van der Waals surface area contributed by atoms with E-state index in [-0.39, 0.29) is 12.0 Å². The summed E-state index contributed by atoms with van der Waals surface area (Å²) >= 11 is 0. The number of carbonyl (C=O) groups is 2. The fourth-order valence-electron chi connectivity index (χ4n) is 2.81. The van der Waals surface area contributed by atoms with Crippen molar-refractivity contribution < 1.29 is 23.8 Å². The Kier molecular flexibility index (Phi) is 6.00. The van der Waals surface area contributed by atoms with Crippen LogP contribution in [0.4, 0.5) is 4.79 Å². The highest BCUT2D eigenvalue weighted by Crippen LogP contribution is 2.30. The second kappa shape index (κ2) is 7.85. The molecule has 0 unspecified atom stereocenters. The molecule has 0 atom stereocenters. The maximum Gasteiger partial charge on any atom is 0.410 e. The molecule has 1 aromatic rings. The number of hydrogen-bond acceptors (Lipinski definition) is 5. The molecular formula is C19H28N2O5. The summed E-state index contributed by atoms with van der Waals surface area (Å²) < 4.78 is 16.1. The van der Waals surface area contributed by atoms with Crippen LogP contribution in [0.5, 0.6) is 11.5 Å². The molecule has 0 spiro atoms. The molecule has 0 saturated carbocycles. The molecule has 1 fully saturated rings. The molecule has 2 rings (SSSR count). The van der Waals surface area contributed by atoms with Gasteiger partial charge in [-0.25, -0.2) is 4.79 Å². The number of methoxy groups -OCH3 is 2. The summed E-state index contributed by atoms with van der Waals surface area (Å²) in [7, 11) is 3.13. The molecule has 144 valence electrons. The highest BCUT2D eigenvalue weighted by atomic mass is 16.6. The number of rotatable bonds is 3. The number of amides is 2. The minimum Gasteiger partial charge on any atom is -0.496 e. The SMILES string of the molecule is COc1cc(C(=O)N2CCN(C(=O)OC(C)(C)C)CC2)cc(OC)c1C. The topological polar surface area (TPSA) is 68.3 Å². The average molecular weight is 364 g/mol. The van der Waals surface area contributed by atoms with Crippen LogP contribution in [0.1, 0.15) is 36.7 Å². The molecule has 2 amide bonds. The largest absolute Gasteiger partial charge is 0.496 e. The summed E-state index contributed by atoms with van der Waals surface area (Å²) in [6.45, 7) is 9.19. The fourth-order valence-corrected chi connectivity index (χ4v) is 2.81. The van der Waals surface area contributed by atoms with Gasteiger partial charge in [-0.15, -0.1) is 0 Å². The van der Waals surface area contributed by atoms with E-state index >= 15 is 0 Å². The third-order valence-electron chi connectivity index (χ3n) is 4.22. The third-order valence-corrected chi connectivity index (χ3v) is 4.22. The number of piperazine rings is 1. The molecule has 1 saturated heterocycles. The Morgan fingerprint density at radius 3 is 1.81 bits per heavy atom. The van der Waals surface area contributed by atoms with E-state index in [9.17, 15) is 9.59 Å². The van der Waals surface area contributed by atoms with Gasteiger partial charge in [0, 0.05) is 37.3 Å². The molecule has 1 heterocycles. The van der Waals surface area contributed by atoms with Crippen molar-refractivity contribution in [1.29, 1.82) is 0 Å². The van der Waals surface area contributed by atoms with E-state index in [1.54, 1.807) is 36.2 Å². The van der Waals surface area contributed by atoms with E-state index < -0.39 is 5.60 Å². The number of nitrogens with zero attached hydrogens (tertiary/aromatic N) is 2. The van der Waals surface area contributed by atoms with E-state index in [0.29, 0.717) is 43.2 Å². The molecule has 0 N–H and O–H groups in total. The summed E-state index contributed by atoms with van der Waals surface area (Å²) in [6, 6.07) is 3.45. The van der Waals surface area contributed by atoms with Crippen molar-refractivity contribution in [2.24, 2.45) is 0 Å². The van der Waals surface area contributed by atoms with Gasteiger partial charge in [0.25, 0.3) is 5.91 Å². The molecule has 26 heavy (non-hydrogen) atoms. The van der Waals surface area contributed by atoms with Crippen molar-refractivity contribution in [3.63, 3.8) is 0 Å². The minimum absolute atomic E-state index is 0.106. The molecule has 7 nitrogen and oxygen atoms in total. The predicted molar refractivity (Wildman–Crippen MR) is 98.0 cm³/mol. The molecule has 1 aliphatic rings. The fraction of sp³-hybridized carbons (Fsp3) is 0.579. The van der Waals surface area contributed by atoms with E-state index in [0.717, 1.165) is 5.56 Å². The zero-order chi connectivity index (χ0) is 19.5. The normalized spacial score (nSPS) is 14.8. The standard InChI is InChI=1S/C19H28N2O5/c1-13-15(24-5)11-14(12-16(13)25-6)17(22)20-7-9-21(10-8-20)18(23)26-19(2,3)4/h11-12H,7-10H2,1-6H3. The number of carbonyl (C=O) groups excluding carboxylic acids is 2. The average Bonchev–Trinajstić information content (AvgIpc) is 2.60. The van der Waals surface area contributed by atoms with Crippen LogP contribution in [-0.2, 0) is 4.74 Å². The maximum absolute atomic E-state index is 12.8. The first-order valence-electron chi connectivity index (χ1n) is 8.66. The van der Waals surface area contributed by atoms with Crippen LogP contribution >= 0.6 is 0 Å². The van der Waals surface area contributed by atoms with Crippen molar-refractivity contribution in [3.05, 3.63) is 23.3 Å². The van der Waals surface area contributed by atoms with Crippen molar-refractivity contribution in [3.8, 4) is 11.5 Å². The lowest BCUT2D eigenvalue weighted by Crippen LogP contribution is -2.51. The van der Waals surface area contributed by atoms with Gasteiger partial charge in [-0.05, 0) is 39.8 Å².